The van der Waals surface area contributed by atoms with Gasteiger partial charge in [0.15, 0.2) is 0 Å². The quantitative estimate of drug-likeness (QED) is 0.858. The van der Waals surface area contributed by atoms with E-state index in [1.807, 2.05) is 4.90 Å². The average Bonchev–Trinajstić information content (AvgIpc) is 2.56. The third-order valence-electron chi connectivity index (χ3n) is 4.89. The molecule has 1 amide bonds. The van der Waals surface area contributed by atoms with Gasteiger partial charge in [-0.3, -0.25) is 9.69 Å². The van der Waals surface area contributed by atoms with Crippen molar-refractivity contribution >= 4 is 5.91 Å². The summed E-state index contributed by atoms with van der Waals surface area (Å²) in [7, 11) is 0. The molecule has 2 aliphatic rings. The Morgan fingerprint density at radius 2 is 1.91 bits per heavy atom. The van der Waals surface area contributed by atoms with Crippen molar-refractivity contribution in [2.45, 2.75) is 25.9 Å². The van der Waals surface area contributed by atoms with E-state index in [1.165, 1.54) is 12.1 Å². The molecule has 0 saturated carbocycles. The maximum atomic E-state index is 13.0. The van der Waals surface area contributed by atoms with Crippen LogP contribution in [0.4, 0.5) is 4.39 Å². The Bertz CT molecular complexity index is 526. The zero-order valence-electron chi connectivity index (χ0n) is 13.7. The van der Waals surface area contributed by atoms with E-state index in [1.54, 1.807) is 12.1 Å². The molecule has 1 atom stereocenters. The first-order valence-corrected chi connectivity index (χ1v) is 8.49. The highest BCUT2D eigenvalue weighted by Gasteiger charge is 2.26. The van der Waals surface area contributed by atoms with Crippen molar-refractivity contribution in [2.75, 3.05) is 39.3 Å². The van der Waals surface area contributed by atoms with Crippen molar-refractivity contribution in [1.82, 2.24) is 9.80 Å². The molecule has 3 rings (SSSR count). The number of halogens is 1. The van der Waals surface area contributed by atoms with E-state index < -0.39 is 0 Å². The van der Waals surface area contributed by atoms with Gasteiger partial charge in [0, 0.05) is 26.2 Å². The minimum absolute atomic E-state index is 0.0847. The topological polar surface area (TPSA) is 32.8 Å². The van der Waals surface area contributed by atoms with Crippen LogP contribution in [0.1, 0.15) is 31.4 Å². The summed E-state index contributed by atoms with van der Waals surface area (Å²) in [5.41, 5.74) is 0.968. The Hall–Kier alpha value is -1.46. The van der Waals surface area contributed by atoms with Crippen LogP contribution in [0.15, 0.2) is 24.3 Å². The zero-order valence-corrected chi connectivity index (χ0v) is 13.7. The van der Waals surface area contributed by atoms with E-state index in [0.29, 0.717) is 19.7 Å². The first-order valence-electron chi connectivity index (χ1n) is 8.49. The van der Waals surface area contributed by atoms with E-state index in [2.05, 4.69) is 11.8 Å². The van der Waals surface area contributed by atoms with Crippen LogP contribution in [0.5, 0.6) is 0 Å². The van der Waals surface area contributed by atoms with Crippen LogP contribution in [0.2, 0.25) is 0 Å². The van der Waals surface area contributed by atoms with Crippen molar-refractivity contribution in [3.63, 3.8) is 0 Å². The molecule has 0 bridgehead atoms. The molecule has 4 nitrogen and oxygen atoms in total. The van der Waals surface area contributed by atoms with Gasteiger partial charge in [0.2, 0.25) is 5.91 Å². The summed E-state index contributed by atoms with van der Waals surface area (Å²) in [4.78, 5) is 16.6. The van der Waals surface area contributed by atoms with Gasteiger partial charge in [0.05, 0.1) is 19.3 Å². The van der Waals surface area contributed by atoms with Crippen LogP contribution in [0.25, 0.3) is 0 Å². The lowest BCUT2D eigenvalue weighted by atomic mass is 9.99. The number of morpholine rings is 1. The highest BCUT2D eigenvalue weighted by atomic mass is 19.1. The minimum atomic E-state index is -0.240. The summed E-state index contributed by atoms with van der Waals surface area (Å²) in [6.45, 7) is 6.52. The van der Waals surface area contributed by atoms with Crippen LogP contribution in [-0.4, -0.2) is 55.0 Å². The molecule has 5 heteroatoms. The molecule has 23 heavy (non-hydrogen) atoms. The Morgan fingerprint density at radius 3 is 2.61 bits per heavy atom. The second-order valence-corrected chi connectivity index (χ2v) is 6.71. The number of nitrogens with zero attached hydrogens (tertiary/aromatic N) is 2. The molecule has 2 fully saturated rings. The Labute approximate surface area is 137 Å². The molecule has 0 spiro atoms. The van der Waals surface area contributed by atoms with Gasteiger partial charge in [-0.25, -0.2) is 4.39 Å². The Kier molecular flexibility index (Phi) is 5.28. The summed E-state index contributed by atoms with van der Waals surface area (Å²) in [6.07, 6.45) is 2.12. The molecular formula is C18H25FN2O2. The average molecular weight is 320 g/mol. The SMILES string of the molecule is CC1CCN(C(=O)CN2CCOC(c3ccc(F)cc3)C2)CC1. The summed E-state index contributed by atoms with van der Waals surface area (Å²) in [5.74, 6) is 0.706. The third kappa shape index (κ3) is 4.30. The normalized spacial score (nSPS) is 23.9. The molecule has 2 heterocycles. The lowest BCUT2D eigenvalue weighted by Gasteiger charge is -2.35. The van der Waals surface area contributed by atoms with Crippen LogP contribution < -0.4 is 0 Å². The van der Waals surface area contributed by atoms with Gasteiger partial charge in [-0.05, 0) is 36.5 Å². The molecule has 2 saturated heterocycles. The Balaban J connectivity index is 1.54. The predicted molar refractivity (Wildman–Crippen MR) is 86.5 cm³/mol. The van der Waals surface area contributed by atoms with Gasteiger partial charge in [-0.2, -0.15) is 0 Å². The first-order chi connectivity index (χ1) is 11.1. The van der Waals surface area contributed by atoms with Gasteiger partial charge in [0.1, 0.15) is 5.82 Å². The number of carbonyl (C=O) groups is 1. The van der Waals surface area contributed by atoms with E-state index in [9.17, 15) is 9.18 Å². The standard InChI is InChI=1S/C18H25FN2O2/c1-14-6-8-21(9-7-14)18(22)13-20-10-11-23-17(12-20)15-2-4-16(19)5-3-15/h2-5,14,17H,6-13H2,1H3. The monoisotopic (exact) mass is 320 g/mol. The van der Waals surface area contributed by atoms with Crippen LogP contribution in [0, 0.1) is 11.7 Å². The first kappa shape index (κ1) is 16.4. The molecule has 0 radical (unpaired) electrons. The lowest BCUT2D eigenvalue weighted by Crippen LogP contribution is -2.47. The molecule has 1 aromatic rings. The van der Waals surface area contributed by atoms with E-state index >= 15 is 0 Å². The molecular weight excluding hydrogens is 295 g/mol. The van der Waals surface area contributed by atoms with E-state index in [-0.39, 0.29) is 17.8 Å². The van der Waals surface area contributed by atoms with Crippen molar-refractivity contribution in [2.24, 2.45) is 5.92 Å². The molecule has 126 valence electrons. The largest absolute Gasteiger partial charge is 0.371 e. The number of amides is 1. The van der Waals surface area contributed by atoms with Crippen LogP contribution >= 0.6 is 0 Å². The molecule has 2 aliphatic heterocycles. The second kappa shape index (κ2) is 7.41. The maximum Gasteiger partial charge on any atom is 0.236 e. The highest BCUT2D eigenvalue weighted by molar-refractivity contribution is 5.78. The Morgan fingerprint density at radius 1 is 1.22 bits per heavy atom. The number of hydrogen-bond donors (Lipinski definition) is 0. The van der Waals surface area contributed by atoms with Crippen molar-refractivity contribution in [1.29, 1.82) is 0 Å². The number of carbonyl (C=O) groups excluding carboxylic acids is 1. The number of piperidine rings is 1. The third-order valence-corrected chi connectivity index (χ3v) is 4.89. The molecule has 1 unspecified atom stereocenters. The van der Waals surface area contributed by atoms with E-state index in [0.717, 1.165) is 44.0 Å². The predicted octanol–water partition coefficient (Wildman–Crippen LogP) is 2.46. The lowest BCUT2D eigenvalue weighted by molar-refractivity contribution is -0.135. The van der Waals surface area contributed by atoms with Gasteiger partial charge in [-0.15, -0.1) is 0 Å². The summed E-state index contributed by atoms with van der Waals surface area (Å²) >= 11 is 0. The van der Waals surface area contributed by atoms with Crippen LogP contribution in [0.3, 0.4) is 0 Å². The molecule has 0 N–H and O–H groups in total. The highest BCUT2D eigenvalue weighted by Crippen LogP contribution is 2.23. The number of ether oxygens (including phenoxy) is 1. The molecule has 0 aliphatic carbocycles. The molecule has 0 aromatic heterocycles. The smallest absolute Gasteiger partial charge is 0.236 e. The summed E-state index contributed by atoms with van der Waals surface area (Å²) < 4.78 is 18.8. The fraction of sp³-hybridized carbons (Fsp3) is 0.611. The zero-order chi connectivity index (χ0) is 16.2. The fourth-order valence-corrected chi connectivity index (χ4v) is 3.27. The second-order valence-electron chi connectivity index (χ2n) is 6.71. The van der Waals surface area contributed by atoms with Gasteiger partial charge >= 0.3 is 0 Å². The van der Waals surface area contributed by atoms with Crippen molar-refractivity contribution in [3.8, 4) is 0 Å². The number of likely N-dealkylation sites (tertiary alicyclic amines) is 1. The van der Waals surface area contributed by atoms with Crippen molar-refractivity contribution in [3.05, 3.63) is 35.6 Å². The number of hydrogen-bond acceptors (Lipinski definition) is 3. The minimum Gasteiger partial charge on any atom is -0.371 e. The van der Waals surface area contributed by atoms with Crippen LogP contribution in [-0.2, 0) is 9.53 Å². The summed E-state index contributed by atoms with van der Waals surface area (Å²) in [6, 6.07) is 6.43. The number of benzene rings is 1. The fourth-order valence-electron chi connectivity index (χ4n) is 3.27. The van der Waals surface area contributed by atoms with Gasteiger partial charge in [0.25, 0.3) is 0 Å². The number of rotatable bonds is 3. The molecule has 1 aromatic carbocycles. The van der Waals surface area contributed by atoms with Crippen molar-refractivity contribution < 1.29 is 13.9 Å². The van der Waals surface area contributed by atoms with E-state index in [4.69, 9.17) is 4.74 Å². The summed E-state index contributed by atoms with van der Waals surface area (Å²) in [5, 5.41) is 0. The maximum absolute atomic E-state index is 13.0. The van der Waals surface area contributed by atoms with Gasteiger partial charge in [-0.1, -0.05) is 19.1 Å². The van der Waals surface area contributed by atoms with Gasteiger partial charge < -0.3 is 9.64 Å².